The molecule has 0 fully saturated rings. The van der Waals surface area contributed by atoms with Crippen molar-refractivity contribution in [3.63, 3.8) is 0 Å². The number of hydrogen-bond donors (Lipinski definition) is 2. The number of nitrogens with zero attached hydrogens (tertiary/aromatic N) is 1. The Morgan fingerprint density at radius 1 is 1.48 bits per heavy atom. The van der Waals surface area contributed by atoms with E-state index in [1.165, 1.54) is 30.8 Å². The van der Waals surface area contributed by atoms with Crippen LogP contribution in [0.3, 0.4) is 0 Å². The van der Waals surface area contributed by atoms with E-state index in [9.17, 15) is 9.18 Å². The lowest BCUT2D eigenvalue weighted by atomic mass is 10.2. The van der Waals surface area contributed by atoms with Gasteiger partial charge in [-0.05, 0) is 35.9 Å². The number of aromatic nitrogens is 1. The molecule has 0 radical (unpaired) electrons. The molecule has 0 aliphatic rings. The zero-order chi connectivity index (χ0) is 15.2. The Hall–Kier alpha value is -2.60. The lowest BCUT2D eigenvalue weighted by molar-refractivity contribution is -0.124. The molecule has 0 aliphatic carbocycles. The summed E-state index contributed by atoms with van der Waals surface area (Å²) in [5.74, 6) is -0.530. The molecule has 1 heterocycles. The third-order valence-electron chi connectivity index (χ3n) is 2.90. The van der Waals surface area contributed by atoms with Gasteiger partial charge in [0.1, 0.15) is 11.6 Å². The number of nitrogens with one attached hydrogen (secondary N) is 1. The summed E-state index contributed by atoms with van der Waals surface area (Å²) in [6.07, 6.45) is 4.58. The topological polar surface area (TPSA) is 63.5 Å². The molecular formula is C15H15FN2O3. The number of ether oxygens (including phenoxy) is 1. The lowest BCUT2D eigenvalue weighted by Crippen LogP contribution is -2.15. The predicted octanol–water partition coefficient (Wildman–Crippen LogP) is 2.20. The van der Waals surface area contributed by atoms with Gasteiger partial charge in [-0.2, -0.15) is 0 Å². The zero-order valence-corrected chi connectivity index (χ0v) is 11.4. The highest BCUT2D eigenvalue weighted by Crippen LogP contribution is 2.18. The first-order chi connectivity index (χ1) is 10.1. The SMILES string of the molecule is COc1cc(F)cc(Cn2cccc2C=CC(=O)NO)c1. The number of halogens is 1. The average molecular weight is 290 g/mol. The number of carbonyl (C=O) groups is 1. The van der Waals surface area contributed by atoms with Gasteiger partial charge < -0.3 is 9.30 Å². The van der Waals surface area contributed by atoms with Gasteiger partial charge in [0, 0.05) is 30.6 Å². The second-order valence-corrected chi connectivity index (χ2v) is 4.37. The molecule has 2 aromatic rings. The van der Waals surface area contributed by atoms with Crippen LogP contribution in [0.1, 0.15) is 11.3 Å². The second-order valence-electron chi connectivity index (χ2n) is 4.37. The Morgan fingerprint density at radius 3 is 3.00 bits per heavy atom. The molecule has 2 rings (SSSR count). The molecule has 0 atom stereocenters. The first-order valence-electron chi connectivity index (χ1n) is 6.23. The number of carbonyl (C=O) groups excluding carboxylic acids is 1. The van der Waals surface area contributed by atoms with Gasteiger partial charge in [-0.3, -0.25) is 10.0 Å². The fourth-order valence-corrected chi connectivity index (χ4v) is 1.95. The Labute approximate surface area is 121 Å². The lowest BCUT2D eigenvalue weighted by Gasteiger charge is -2.09. The van der Waals surface area contributed by atoms with E-state index in [-0.39, 0.29) is 5.82 Å². The highest BCUT2D eigenvalue weighted by molar-refractivity contribution is 5.90. The van der Waals surface area contributed by atoms with E-state index in [0.29, 0.717) is 12.3 Å². The number of benzene rings is 1. The molecule has 0 saturated heterocycles. The van der Waals surface area contributed by atoms with Gasteiger partial charge in [-0.25, -0.2) is 9.87 Å². The van der Waals surface area contributed by atoms with E-state index >= 15 is 0 Å². The van der Waals surface area contributed by atoms with Crippen molar-refractivity contribution >= 4 is 12.0 Å². The minimum atomic E-state index is -0.616. The summed E-state index contributed by atoms with van der Waals surface area (Å²) in [7, 11) is 1.48. The monoisotopic (exact) mass is 290 g/mol. The van der Waals surface area contributed by atoms with E-state index in [1.807, 2.05) is 16.8 Å². The van der Waals surface area contributed by atoms with Crippen LogP contribution in [0.5, 0.6) is 5.75 Å². The minimum Gasteiger partial charge on any atom is -0.497 e. The molecule has 2 N–H and O–H groups in total. The largest absolute Gasteiger partial charge is 0.497 e. The Bertz CT molecular complexity index is 665. The van der Waals surface area contributed by atoms with Gasteiger partial charge in [-0.1, -0.05) is 0 Å². The maximum atomic E-state index is 13.5. The zero-order valence-electron chi connectivity index (χ0n) is 11.4. The van der Waals surface area contributed by atoms with Crippen LogP contribution in [0.15, 0.2) is 42.6 Å². The molecule has 0 spiro atoms. The first kappa shape index (κ1) is 14.8. The highest BCUT2D eigenvalue weighted by atomic mass is 19.1. The molecule has 21 heavy (non-hydrogen) atoms. The number of methoxy groups -OCH3 is 1. The van der Waals surface area contributed by atoms with E-state index in [4.69, 9.17) is 9.94 Å². The molecule has 5 nitrogen and oxygen atoms in total. The molecule has 0 unspecified atom stereocenters. The van der Waals surface area contributed by atoms with E-state index in [0.717, 1.165) is 11.3 Å². The predicted molar refractivity (Wildman–Crippen MR) is 75.4 cm³/mol. The van der Waals surface area contributed by atoms with Crippen LogP contribution in [0.4, 0.5) is 4.39 Å². The molecular weight excluding hydrogens is 275 g/mol. The fourth-order valence-electron chi connectivity index (χ4n) is 1.95. The normalized spacial score (nSPS) is 10.8. The smallest absolute Gasteiger partial charge is 0.267 e. The summed E-state index contributed by atoms with van der Waals surface area (Å²) in [4.78, 5) is 11.0. The van der Waals surface area contributed by atoms with Gasteiger partial charge in [0.2, 0.25) is 0 Å². The molecule has 1 amide bonds. The van der Waals surface area contributed by atoms with Crippen molar-refractivity contribution in [3.05, 3.63) is 59.7 Å². The van der Waals surface area contributed by atoms with Crippen molar-refractivity contribution in [3.8, 4) is 5.75 Å². The summed E-state index contributed by atoms with van der Waals surface area (Å²) < 4.78 is 20.3. The second kappa shape index (κ2) is 6.71. The fraction of sp³-hybridized carbons (Fsp3) is 0.133. The van der Waals surface area contributed by atoms with Gasteiger partial charge >= 0.3 is 0 Å². The van der Waals surface area contributed by atoms with Gasteiger partial charge in [0.05, 0.1) is 7.11 Å². The number of rotatable bonds is 5. The van der Waals surface area contributed by atoms with Crippen molar-refractivity contribution in [2.45, 2.75) is 6.54 Å². The summed E-state index contributed by atoms with van der Waals surface area (Å²) in [6.45, 7) is 0.432. The number of amides is 1. The van der Waals surface area contributed by atoms with Gasteiger partial charge in [-0.15, -0.1) is 0 Å². The molecule has 1 aromatic heterocycles. The Morgan fingerprint density at radius 2 is 2.29 bits per heavy atom. The third-order valence-corrected chi connectivity index (χ3v) is 2.90. The standard InChI is InChI=1S/C15H15FN2O3/c1-21-14-8-11(7-12(16)9-14)10-18-6-2-3-13(18)4-5-15(19)17-20/h2-9,20H,10H2,1H3,(H,17,19). The molecule has 110 valence electrons. The molecule has 0 aliphatic heterocycles. The van der Waals surface area contributed by atoms with E-state index < -0.39 is 5.91 Å². The molecule has 1 aromatic carbocycles. The Kier molecular flexibility index (Phi) is 4.73. The summed E-state index contributed by atoms with van der Waals surface area (Å²) in [6, 6.07) is 8.10. The van der Waals surface area contributed by atoms with Crippen LogP contribution in [0.25, 0.3) is 6.08 Å². The number of hydroxylamine groups is 1. The maximum Gasteiger partial charge on any atom is 0.267 e. The van der Waals surface area contributed by atoms with E-state index in [2.05, 4.69) is 0 Å². The number of hydrogen-bond acceptors (Lipinski definition) is 3. The third kappa shape index (κ3) is 3.93. The van der Waals surface area contributed by atoms with Crippen LogP contribution < -0.4 is 10.2 Å². The van der Waals surface area contributed by atoms with Crippen LogP contribution in [0, 0.1) is 5.82 Å². The summed E-state index contributed by atoms with van der Waals surface area (Å²) in [5, 5.41) is 8.44. The summed E-state index contributed by atoms with van der Waals surface area (Å²) in [5.41, 5.74) is 3.01. The Balaban J connectivity index is 2.21. The minimum absolute atomic E-state index is 0.367. The van der Waals surface area contributed by atoms with Crippen molar-refractivity contribution < 1.29 is 19.1 Å². The van der Waals surface area contributed by atoms with E-state index in [1.54, 1.807) is 18.2 Å². The average Bonchev–Trinajstić information content (AvgIpc) is 2.91. The molecule has 6 heteroatoms. The quantitative estimate of drug-likeness (QED) is 0.504. The van der Waals surface area contributed by atoms with Gasteiger partial charge in [0.25, 0.3) is 5.91 Å². The van der Waals surface area contributed by atoms with Crippen molar-refractivity contribution in [1.82, 2.24) is 10.0 Å². The van der Waals surface area contributed by atoms with Crippen molar-refractivity contribution in [2.75, 3.05) is 7.11 Å². The van der Waals surface area contributed by atoms with Crippen molar-refractivity contribution in [2.24, 2.45) is 0 Å². The highest BCUT2D eigenvalue weighted by Gasteiger charge is 2.04. The van der Waals surface area contributed by atoms with Crippen LogP contribution in [-0.2, 0) is 11.3 Å². The van der Waals surface area contributed by atoms with Crippen LogP contribution in [0.2, 0.25) is 0 Å². The van der Waals surface area contributed by atoms with Crippen molar-refractivity contribution in [1.29, 1.82) is 0 Å². The van der Waals surface area contributed by atoms with Gasteiger partial charge in [0.15, 0.2) is 0 Å². The molecule has 0 bridgehead atoms. The van der Waals surface area contributed by atoms with Crippen LogP contribution in [-0.4, -0.2) is 22.8 Å². The first-order valence-corrected chi connectivity index (χ1v) is 6.23. The summed E-state index contributed by atoms with van der Waals surface area (Å²) >= 11 is 0. The van der Waals surface area contributed by atoms with Crippen LogP contribution >= 0.6 is 0 Å². The molecule has 0 saturated carbocycles. The maximum absolute atomic E-state index is 13.5.